The van der Waals surface area contributed by atoms with Gasteiger partial charge in [-0.3, -0.25) is 9.36 Å². The normalized spacial score (nSPS) is 12.0. The van der Waals surface area contributed by atoms with Crippen LogP contribution in [0.4, 0.5) is 0 Å². The number of benzene rings is 2. The third kappa shape index (κ3) is 3.20. The van der Waals surface area contributed by atoms with E-state index >= 15 is 0 Å². The molecule has 0 bridgehead atoms. The number of esters is 1. The van der Waals surface area contributed by atoms with Crippen LogP contribution in [0.25, 0.3) is 10.9 Å². The molecule has 26 heavy (non-hydrogen) atoms. The highest BCUT2D eigenvalue weighted by Crippen LogP contribution is 2.24. The molecular weight excluding hydrogens is 330 g/mol. The third-order valence-electron chi connectivity index (χ3n) is 4.49. The highest BCUT2D eigenvalue weighted by molar-refractivity contribution is 6.07. The lowest BCUT2D eigenvalue weighted by Crippen LogP contribution is -2.28. The molecule has 5 nitrogen and oxygen atoms in total. The Labute approximate surface area is 152 Å². The van der Waals surface area contributed by atoms with Gasteiger partial charge in [-0.15, -0.1) is 0 Å². The van der Waals surface area contributed by atoms with Crippen molar-refractivity contribution in [2.75, 3.05) is 7.11 Å². The summed E-state index contributed by atoms with van der Waals surface area (Å²) < 4.78 is 12.1. The smallest absolute Gasteiger partial charge is 0.340 e. The Morgan fingerprint density at radius 1 is 1.04 bits per heavy atom. The van der Waals surface area contributed by atoms with Crippen molar-refractivity contribution in [2.45, 2.75) is 26.9 Å². The second kappa shape index (κ2) is 7.04. The van der Waals surface area contributed by atoms with Gasteiger partial charge in [-0.25, -0.2) is 4.79 Å². The highest BCUT2D eigenvalue weighted by Gasteiger charge is 2.23. The average Bonchev–Trinajstić information content (AvgIpc) is 3.03. The summed E-state index contributed by atoms with van der Waals surface area (Å²) in [5.41, 5.74) is 3.26. The number of para-hydroxylation sites is 1. The molecule has 0 aliphatic heterocycles. The first kappa shape index (κ1) is 17.7. The number of rotatable bonds is 4. The van der Waals surface area contributed by atoms with Crippen molar-refractivity contribution in [3.8, 4) is 5.75 Å². The molecular formula is C21H21NO4. The van der Waals surface area contributed by atoms with Crippen LogP contribution in [0.5, 0.6) is 5.75 Å². The van der Waals surface area contributed by atoms with E-state index in [0.717, 1.165) is 11.1 Å². The van der Waals surface area contributed by atoms with Crippen molar-refractivity contribution >= 4 is 22.8 Å². The quantitative estimate of drug-likeness (QED) is 0.663. The molecule has 0 N–H and O–H groups in total. The fourth-order valence-electron chi connectivity index (χ4n) is 2.87. The first-order valence-electron chi connectivity index (χ1n) is 8.39. The summed E-state index contributed by atoms with van der Waals surface area (Å²) in [5, 5.41) is 0.672. The minimum atomic E-state index is -0.710. The number of nitrogens with zero attached hydrogens (tertiary/aromatic N) is 1. The maximum absolute atomic E-state index is 12.9. The van der Waals surface area contributed by atoms with Crippen molar-refractivity contribution < 1.29 is 19.1 Å². The Hall–Kier alpha value is -3.08. The zero-order valence-corrected chi connectivity index (χ0v) is 15.3. The number of methoxy groups -OCH3 is 1. The van der Waals surface area contributed by atoms with Crippen LogP contribution in [0, 0.1) is 13.8 Å². The fourth-order valence-corrected chi connectivity index (χ4v) is 2.87. The van der Waals surface area contributed by atoms with Gasteiger partial charge < -0.3 is 9.47 Å². The summed E-state index contributed by atoms with van der Waals surface area (Å²) in [7, 11) is 1.32. The molecule has 1 aromatic heterocycles. The number of hydrogen-bond acceptors (Lipinski definition) is 4. The molecule has 2 aromatic carbocycles. The van der Waals surface area contributed by atoms with Crippen LogP contribution >= 0.6 is 0 Å². The number of carbonyl (C=O) groups is 2. The summed E-state index contributed by atoms with van der Waals surface area (Å²) in [6.07, 6.45) is 0.803. The topological polar surface area (TPSA) is 57.5 Å². The Balaban J connectivity index is 1.94. The van der Waals surface area contributed by atoms with E-state index in [0.29, 0.717) is 22.2 Å². The highest BCUT2D eigenvalue weighted by atomic mass is 16.5. The summed E-state index contributed by atoms with van der Waals surface area (Å²) in [6.45, 7) is 5.72. The van der Waals surface area contributed by atoms with Crippen molar-refractivity contribution in [1.82, 2.24) is 4.57 Å². The number of ether oxygens (including phenoxy) is 2. The molecule has 0 fully saturated rings. The molecule has 0 saturated heterocycles. The van der Waals surface area contributed by atoms with E-state index in [-0.39, 0.29) is 5.91 Å². The van der Waals surface area contributed by atoms with Gasteiger partial charge in [-0.2, -0.15) is 0 Å². The Morgan fingerprint density at radius 3 is 2.46 bits per heavy atom. The van der Waals surface area contributed by atoms with E-state index in [1.165, 1.54) is 17.9 Å². The number of carbonyl (C=O) groups excluding carboxylic acids is 2. The minimum Gasteiger partial charge on any atom is -0.481 e. The van der Waals surface area contributed by atoms with Crippen LogP contribution in [-0.2, 0) is 4.74 Å². The molecule has 0 aliphatic carbocycles. The second-order valence-electron chi connectivity index (χ2n) is 6.27. The van der Waals surface area contributed by atoms with Gasteiger partial charge in [0.2, 0.25) is 0 Å². The Bertz CT molecular complexity index is 987. The maximum Gasteiger partial charge on any atom is 0.340 e. The molecule has 0 radical (unpaired) electrons. The second-order valence-corrected chi connectivity index (χ2v) is 6.27. The van der Waals surface area contributed by atoms with E-state index in [1.807, 2.05) is 44.2 Å². The molecule has 0 spiro atoms. The summed E-state index contributed by atoms with van der Waals surface area (Å²) >= 11 is 0. The molecule has 0 saturated carbocycles. The lowest BCUT2D eigenvalue weighted by atomic mass is 10.1. The zero-order chi connectivity index (χ0) is 18.8. The largest absolute Gasteiger partial charge is 0.481 e. The fraction of sp³-hybridized carbons (Fsp3) is 0.238. The molecule has 0 unspecified atom stereocenters. The van der Waals surface area contributed by atoms with Crippen LogP contribution < -0.4 is 4.74 Å². The van der Waals surface area contributed by atoms with Gasteiger partial charge in [-0.1, -0.05) is 24.3 Å². The molecule has 0 aliphatic rings. The Morgan fingerprint density at radius 2 is 1.77 bits per heavy atom. The van der Waals surface area contributed by atoms with E-state index in [4.69, 9.17) is 9.47 Å². The summed E-state index contributed by atoms with van der Waals surface area (Å²) in [6, 6.07) is 12.9. The number of aryl methyl sites for hydroxylation is 2. The first-order valence-corrected chi connectivity index (χ1v) is 8.39. The molecule has 1 heterocycles. The monoisotopic (exact) mass is 351 g/mol. The SMILES string of the molecule is COC(=O)c1cn(C(=O)[C@@H](C)Oc2ccc(C)c(C)c2)c2ccccc12. The lowest BCUT2D eigenvalue weighted by Gasteiger charge is -2.15. The molecule has 134 valence electrons. The lowest BCUT2D eigenvalue weighted by molar-refractivity contribution is 0.0602. The molecule has 0 amide bonds. The van der Waals surface area contributed by atoms with Crippen molar-refractivity contribution in [3.63, 3.8) is 0 Å². The molecule has 5 heteroatoms. The molecule has 1 atom stereocenters. The van der Waals surface area contributed by atoms with Crippen LogP contribution in [0.15, 0.2) is 48.7 Å². The van der Waals surface area contributed by atoms with E-state index in [9.17, 15) is 9.59 Å². The van der Waals surface area contributed by atoms with E-state index in [1.54, 1.807) is 19.1 Å². The number of aromatic nitrogens is 1. The summed E-state index contributed by atoms with van der Waals surface area (Å²) in [5.74, 6) is -0.0938. The van der Waals surface area contributed by atoms with Crippen molar-refractivity contribution in [3.05, 3.63) is 65.4 Å². The Kier molecular flexibility index (Phi) is 4.80. The van der Waals surface area contributed by atoms with Gasteiger partial charge in [0.25, 0.3) is 5.91 Å². The van der Waals surface area contributed by atoms with E-state index in [2.05, 4.69) is 0 Å². The standard InChI is InChI=1S/C21H21NO4/c1-13-9-10-16(11-14(13)2)26-15(3)20(23)22-12-18(21(24)25-4)17-7-5-6-8-19(17)22/h5-12,15H,1-4H3/t15-/m1/s1. The summed E-state index contributed by atoms with van der Waals surface area (Å²) in [4.78, 5) is 24.9. The van der Waals surface area contributed by atoms with Gasteiger partial charge in [-0.05, 0) is 50.1 Å². The van der Waals surface area contributed by atoms with Gasteiger partial charge >= 0.3 is 5.97 Å². The van der Waals surface area contributed by atoms with E-state index < -0.39 is 12.1 Å². The maximum atomic E-state index is 12.9. The minimum absolute atomic E-state index is 0.255. The third-order valence-corrected chi connectivity index (χ3v) is 4.49. The van der Waals surface area contributed by atoms with Crippen LogP contribution in [0.1, 0.15) is 33.2 Å². The number of hydrogen-bond donors (Lipinski definition) is 0. The number of fused-ring (bicyclic) bond motifs is 1. The van der Waals surface area contributed by atoms with Gasteiger partial charge in [0, 0.05) is 11.6 Å². The predicted molar refractivity (Wildman–Crippen MR) is 99.9 cm³/mol. The molecule has 3 aromatic rings. The average molecular weight is 351 g/mol. The van der Waals surface area contributed by atoms with Crippen molar-refractivity contribution in [2.24, 2.45) is 0 Å². The molecule has 3 rings (SSSR count). The van der Waals surface area contributed by atoms with Crippen LogP contribution in [0.2, 0.25) is 0 Å². The van der Waals surface area contributed by atoms with Crippen molar-refractivity contribution in [1.29, 1.82) is 0 Å². The first-order chi connectivity index (χ1) is 12.4. The predicted octanol–water partition coefficient (Wildman–Crippen LogP) is 4.15. The van der Waals surface area contributed by atoms with Gasteiger partial charge in [0.15, 0.2) is 6.10 Å². The van der Waals surface area contributed by atoms with Gasteiger partial charge in [0.05, 0.1) is 18.2 Å². The van der Waals surface area contributed by atoms with Crippen LogP contribution in [0.3, 0.4) is 0 Å². The van der Waals surface area contributed by atoms with Crippen LogP contribution in [-0.4, -0.2) is 29.7 Å². The van der Waals surface area contributed by atoms with Gasteiger partial charge in [0.1, 0.15) is 5.75 Å². The zero-order valence-electron chi connectivity index (χ0n) is 15.3.